The van der Waals surface area contributed by atoms with Crippen molar-refractivity contribution in [1.29, 1.82) is 0 Å². The molecule has 0 bridgehead atoms. The second-order valence-electron chi connectivity index (χ2n) is 4.31. The van der Waals surface area contributed by atoms with E-state index in [1.54, 1.807) is 4.90 Å². The van der Waals surface area contributed by atoms with Crippen LogP contribution in [0.4, 0.5) is 10.7 Å². The predicted octanol–water partition coefficient (Wildman–Crippen LogP) is 0.251. The molecule has 3 atom stereocenters. The topological polar surface area (TPSA) is 107 Å². The molecule has 1 aromatic heterocycles. The van der Waals surface area contributed by atoms with Crippen LogP contribution in [0.2, 0.25) is 0 Å². The summed E-state index contributed by atoms with van der Waals surface area (Å²) < 4.78 is 0. The van der Waals surface area contributed by atoms with Gasteiger partial charge in [0.2, 0.25) is 0 Å². The molecule has 0 radical (unpaired) electrons. The van der Waals surface area contributed by atoms with Crippen LogP contribution in [0.15, 0.2) is 6.07 Å². The normalized spacial score (nSPS) is 25.4. The van der Waals surface area contributed by atoms with Crippen LogP contribution in [-0.4, -0.2) is 45.5 Å². The zero-order valence-corrected chi connectivity index (χ0v) is 10.5. The Morgan fingerprint density at radius 2 is 2.06 bits per heavy atom. The first-order chi connectivity index (χ1) is 8.40. The van der Waals surface area contributed by atoms with Crippen molar-refractivity contribution in [2.24, 2.45) is 0 Å². The van der Waals surface area contributed by atoms with Gasteiger partial charge in [0.15, 0.2) is 5.00 Å². The van der Waals surface area contributed by atoms with E-state index in [1.165, 1.54) is 13.0 Å². The highest BCUT2D eigenvalue weighted by Gasteiger charge is 2.35. The number of nitro groups is 1. The highest BCUT2D eigenvalue weighted by atomic mass is 32.1. The Hall–Kier alpha value is -1.22. The number of aliphatic hydroxyl groups excluding tert-OH is 3. The molecule has 1 aliphatic rings. The second kappa shape index (κ2) is 4.81. The van der Waals surface area contributed by atoms with Crippen molar-refractivity contribution in [2.45, 2.75) is 25.2 Å². The average Bonchev–Trinajstić information content (AvgIpc) is 2.83. The Morgan fingerprint density at radius 3 is 2.50 bits per heavy atom. The molecule has 8 heteroatoms. The lowest BCUT2D eigenvalue weighted by atomic mass is 10.3. The van der Waals surface area contributed by atoms with E-state index in [0.717, 1.165) is 11.3 Å². The van der Waals surface area contributed by atoms with Crippen molar-refractivity contribution >= 4 is 22.0 Å². The monoisotopic (exact) mass is 274 g/mol. The smallest absolute Gasteiger partial charge is 0.304 e. The van der Waals surface area contributed by atoms with Crippen LogP contribution >= 0.6 is 11.3 Å². The number of hydrogen-bond acceptors (Lipinski definition) is 7. The van der Waals surface area contributed by atoms with Gasteiger partial charge in [-0.15, -0.1) is 11.3 Å². The second-order valence-corrected chi connectivity index (χ2v) is 5.37. The summed E-state index contributed by atoms with van der Waals surface area (Å²) in [7, 11) is 0. The number of hydrogen-bond donors (Lipinski definition) is 3. The van der Waals surface area contributed by atoms with Crippen molar-refractivity contribution in [2.75, 3.05) is 18.0 Å². The van der Waals surface area contributed by atoms with E-state index in [9.17, 15) is 25.4 Å². The summed E-state index contributed by atoms with van der Waals surface area (Å²) >= 11 is 1.11. The van der Waals surface area contributed by atoms with Crippen molar-refractivity contribution < 1.29 is 20.2 Å². The first-order valence-corrected chi connectivity index (χ1v) is 6.29. The van der Waals surface area contributed by atoms with Gasteiger partial charge in [0.25, 0.3) is 0 Å². The Labute approximate surface area is 107 Å². The van der Waals surface area contributed by atoms with Crippen molar-refractivity contribution in [3.8, 4) is 0 Å². The summed E-state index contributed by atoms with van der Waals surface area (Å²) in [5.74, 6) is 0. The third-order valence-corrected chi connectivity index (χ3v) is 4.22. The van der Waals surface area contributed by atoms with E-state index in [4.69, 9.17) is 0 Å². The van der Waals surface area contributed by atoms with Gasteiger partial charge in [-0.3, -0.25) is 10.1 Å². The number of anilines is 1. The molecule has 0 spiro atoms. The fraction of sp³-hybridized carbons (Fsp3) is 0.600. The minimum atomic E-state index is -0.901. The van der Waals surface area contributed by atoms with E-state index < -0.39 is 23.2 Å². The number of β-amino-alcohol motifs (C(OH)–C–C–N with tert-alkyl or cyclic N) is 2. The van der Waals surface area contributed by atoms with Crippen LogP contribution in [-0.2, 0) is 0 Å². The predicted molar refractivity (Wildman–Crippen MR) is 65.8 cm³/mol. The quantitative estimate of drug-likeness (QED) is 0.539. The summed E-state index contributed by atoms with van der Waals surface area (Å²) in [6.45, 7) is 1.84. The first-order valence-electron chi connectivity index (χ1n) is 5.47. The third-order valence-electron chi connectivity index (χ3n) is 2.87. The molecular formula is C10H14N2O5S. The summed E-state index contributed by atoms with van der Waals surface area (Å²) in [6, 6.07) is 1.34. The summed E-state index contributed by atoms with van der Waals surface area (Å²) in [5, 5.41) is 39.7. The summed E-state index contributed by atoms with van der Waals surface area (Å²) in [5.41, 5.74) is -0.0998. The fourth-order valence-electron chi connectivity index (χ4n) is 1.89. The third kappa shape index (κ3) is 2.32. The van der Waals surface area contributed by atoms with Crippen molar-refractivity contribution in [1.82, 2.24) is 0 Å². The van der Waals surface area contributed by atoms with Crippen LogP contribution in [0.3, 0.4) is 0 Å². The van der Waals surface area contributed by atoms with Gasteiger partial charge < -0.3 is 20.2 Å². The van der Waals surface area contributed by atoms with Crippen LogP contribution in [0.5, 0.6) is 0 Å². The van der Waals surface area contributed by atoms with Crippen molar-refractivity contribution in [3.05, 3.63) is 21.1 Å². The number of nitrogens with zero attached hydrogens (tertiary/aromatic N) is 2. The molecule has 18 heavy (non-hydrogen) atoms. The van der Waals surface area contributed by atoms with Gasteiger partial charge in [-0.1, -0.05) is 0 Å². The molecule has 2 unspecified atom stereocenters. The molecule has 0 aliphatic carbocycles. The molecule has 100 valence electrons. The van der Waals surface area contributed by atoms with Crippen LogP contribution in [0.25, 0.3) is 0 Å². The largest absolute Gasteiger partial charge is 0.389 e. The fourth-order valence-corrected chi connectivity index (χ4v) is 2.97. The highest BCUT2D eigenvalue weighted by Crippen LogP contribution is 2.41. The number of thiophene rings is 1. The van der Waals surface area contributed by atoms with Crippen LogP contribution in [0.1, 0.15) is 17.9 Å². The maximum Gasteiger partial charge on any atom is 0.304 e. The maximum absolute atomic E-state index is 11.0. The van der Waals surface area contributed by atoms with Crippen LogP contribution < -0.4 is 4.90 Å². The van der Waals surface area contributed by atoms with Gasteiger partial charge in [0.1, 0.15) is 0 Å². The standard InChI is InChI=1S/C10H14N2O5S/c1-5(13)9-2-6(12(16)17)10(18-9)11-3-7(14)8(15)4-11/h2,5,7-8,13-15H,3-4H2,1H3/t5-,7?,8?/m1/s1. The Balaban J connectivity index is 2.34. The van der Waals surface area contributed by atoms with Gasteiger partial charge in [-0.05, 0) is 6.92 Å². The first kappa shape index (κ1) is 13.2. The molecule has 2 rings (SSSR count). The number of rotatable bonds is 3. The Bertz CT molecular complexity index is 451. The van der Waals surface area contributed by atoms with Gasteiger partial charge >= 0.3 is 5.69 Å². The highest BCUT2D eigenvalue weighted by molar-refractivity contribution is 7.16. The average molecular weight is 274 g/mol. The lowest BCUT2D eigenvalue weighted by molar-refractivity contribution is -0.383. The molecule has 0 amide bonds. The van der Waals surface area contributed by atoms with E-state index in [-0.39, 0.29) is 18.8 Å². The minimum Gasteiger partial charge on any atom is -0.389 e. The summed E-state index contributed by atoms with van der Waals surface area (Å²) in [6.07, 6.45) is -2.58. The molecule has 1 saturated heterocycles. The zero-order chi connectivity index (χ0) is 13.4. The molecular weight excluding hydrogens is 260 g/mol. The molecule has 2 heterocycles. The van der Waals surface area contributed by atoms with Gasteiger partial charge in [-0.25, -0.2) is 0 Å². The van der Waals surface area contributed by atoms with Gasteiger partial charge in [0, 0.05) is 24.0 Å². The van der Waals surface area contributed by atoms with Crippen LogP contribution in [0, 0.1) is 10.1 Å². The molecule has 3 N–H and O–H groups in total. The molecule has 7 nitrogen and oxygen atoms in total. The maximum atomic E-state index is 11.0. The number of aliphatic hydroxyl groups is 3. The Morgan fingerprint density at radius 1 is 1.50 bits per heavy atom. The zero-order valence-electron chi connectivity index (χ0n) is 9.68. The van der Waals surface area contributed by atoms with E-state index in [2.05, 4.69) is 0 Å². The van der Waals surface area contributed by atoms with E-state index in [1.807, 2.05) is 0 Å². The molecule has 1 aromatic rings. The molecule has 1 fully saturated rings. The van der Waals surface area contributed by atoms with Crippen molar-refractivity contribution in [3.63, 3.8) is 0 Å². The van der Waals surface area contributed by atoms with E-state index >= 15 is 0 Å². The summed E-state index contributed by atoms with van der Waals surface area (Å²) in [4.78, 5) is 12.5. The Kier molecular flexibility index (Phi) is 3.53. The lowest BCUT2D eigenvalue weighted by Gasteiger charge is -2.14. The van der Waals surface area contributed by atoms with E-state index in [0.29, 0.717) is 9.88 Å². The lowest BCUT2D eigenvalue weighted by Crippen LogP contribution is -2.22. The van der Waals surface area contributed by atoms with Gasteiger partial charge in [0.05, 0.1) is 23.2 Å². The molecule has 0 saturated carbocycles. The van der Waals surface area contributed by atoms with Gasteiger partial charge in [-0.2, -0.15) is 0 Å². The minimum absolute atomic E-state index is 0.0998. The molecule has 1 aliphatic heterocycles. The molecule has 0 aromatic carbocycles. The SMILES string of the molecule is C[C@@H](O)c1cc([N+](=O)[O-])c(N2CC(O)C(O)C2)s1.